The summed E-state index contributed by atoms with van der Waals surface area (Å²) in [7, 11) is 0. The first-order valence-electron chi connectivity index (χ1n) is 9.27. The standard InChI is InChI=1S/C20H31N3O4S/c1-13(2)21-17(24)15(11-14-9-7-6-8-10-14)22-18(25)16(12-28)23-19(26)27-20(3,4)5/h6-10,13,15-16,28H,11-12H2,1-5H3,(H,21,24)(H,22,25)(H,23,26)/t15-,16-/m0/s1. The lowest BCUT2D eigenvalue weighted by Gasteiger charge is -2.25. The zero-order valence-corrected chi connectivity index (χ0v) is 18.0. The number of thiol groups is 1. The minimum Gasteiger partial charge on any atom is -0.444 e. The van der Waals surface area contributed by atoms with Crippen LogP contribution in [0.5, 0.6) is 0 Å². The van der Waals surface area contributed by atoms with Crippen molar-refractivity contribution >= 4 is 30.5 Å². The van der Waals surface area contributed by atoms with Gasteiger partial charge in [0, 0.05) is 18.2 Å². The SMILES string of the molecule is CC(C)NC(=O)[C@H](Cc1ccccc1)NC(=O)[C@H](CS)NC(=O)OC(C)(C)C. The Hall–Kier alpha value is -2.22. The minimum atomic E-state index is -0.927. The molecule has 1 rings (SSSR count). The normalized spacial score (nSPS) is 13.4. The van der Waals surface area contributed by atoms with Gasteiger partial charge in [-0.25, -0.2) is 4.79 Å². The van der Waals surface area contributed by atoms with Crippen LogP contribution in [0.25, 0.3) is 0 Å². The monoisotopic (exact) mass is 409 g/mol. The predicted molar refractivity (Wildman–Crippen MR) is 112 cm³/mol. The van der Waals surface area contributed by atoms with Crippen molar-refractivity contribution in [3.05, 3.63) is 35.9 Å². The summed E-state index contributed by atoms with van der Waals surface area (Å²) in [6.07, 6.45) is -0.385. The van der Waals surface area contributed by atoms with Gasteiger partial charge >= 0.3 is 6.09 Å². The molecule has 0 unspecified atom stereocenters. The molecule has 3 amide bonds. The van der Waals surface area contributed by atoms with E-state index in [4.69, 9.17) is 4.74 Å². The highest BCUT2D eigenvalue weighted by molar-refractivity contribution is 7.80. The Balaban J connectivity index is 2.84. The minimum absolute atomic E-state index is 0.0644. The highest BCUT2D eigenvalue weighted by atomic mass is 32.1. The van der Waals surface area contributed by atoms with E-state index < -0.39 is 29.7 Å². The number of amides is 3. The van der Waals surface area contributed by atoms with Gasteiger partial charge in [-0.05, 0) is 40.2 Å². The summed E-state index contributed by atoms with van der Waals surface area (Å²) in [5, 5.41) is 8.02. The van der Waals surface area contributed by atoms with Crippen molar-refractivity contribution in [2.75, 3.05) is 5.75 Å². The van der Waals surface area contributed by atoms with E-state index in [1.54, 1.807) is 20.8 Å². The summed E-state index contributed by atoms with van der Waals surface area (Å²) in [4.78, 5) is 37.2. The zero-order valence-electron chi connectivity index (χ0n) is 17.1. The molecule has 28 heavy (non-hydrogen) atoms. The van der Waals surface area contributed by atoms with Gasteiger partial charge in [0.2, 0.25) is 11.8 Å². The Kier molecular flexibility index (Phi) is 9.31. The molecule has 3 N–H and O–H groups in total. The van der Waals surface area contributed by atoms with Crippen molar-refractivity contribution in [2.24, 2.45) is 0 Å². The summed E-state index contributed by atoms with van der Waals surface area (Å²) in [5.74, 6) is -0.724. The van der Waals surface area contributed by atoms with Crippen molar-refractivity contribution in [2.45, 2.75) is 64.8 Å². The van der Waals surface area contributed by atoms with Gasteiger partial charge in [0.25, 0.3) is 0 Å². The molecule has 0 aliphatic rings. The molecule has 0 aromatic heterocycles. The van der Waals surface area contributed by atoms with Gasteiger partial charge < -0.3 is 20.7 Å². The molecule has 7 nitrogen and oxygen atoms in total. The molecule has 0 aliphatic heterocycles. The molecular formula is C20H31N3O4S. The van der Waals surface area contributed by atoms with Crippen LogP contribution in [0, 0.1) is 0 Å². The number of carbonyl (C=O) groups is 3. The third kappa shape index (κ3) is 9.12. The Morgan fingerprint density at radius 1 is 0.964 bits per heavy atom. The van der Waals surface area contributed by atoms with Crippen LogP contribution < -0.4 is 16.0 Å². The van der Waals surface area contributed by atoms with Crippen molar-refractivity contribution < 1.29 is 19.1 Å². The third-order valence-corrected chi connectivity index (χ3v) is 3.90. The van der Waals surface area contributed by atoms with E-state index in [0.717, 1.165) is 5.56 Å². The molecule has 1 aromatic carbocycles. The topological polar surface area (TPSA) is 96.5 Å². The maximum absolute atomic E-state index is 12.7. The number of hydrogen-bond donors (Lipinski definition) is 4. The largest absolute Gasteiger partial charge is 0.444 e. The molecule has 2 atom stereocenters. The van der Waals surface area contributed by atoms with Crippen LogP contribution in [0.1, 0.15) is 40.2 Å². The quantitative estimate of drug-likeness (QED) is 0.494. The summed E-state index contributed by atoms with van der Waals surface area (Å²) in [5.41, 5.74) is 0.226. The molecule has 8 heteroatoms. The first kappa shape index (κ1) is 23.8. The molecule has 0 heterocycles. The average molecular weight is 410 g/mol. The van der Waals surface area contributed by atoms with Crippen molar-refractivity contribution in [3.8, 4) is 0 Å². The molecule has 0 bridgehead atoms. The number of hydrogen-bond acceptors (Lipinski definition) is 5. The maximum atomic E-state index is 12.7. The van der Waals surface area contributed by atoms with Crippen LogP contribution >= 0.6 is 12.6 Å². The van der Waals surface area contributed by atoms with Crippen molar-refractivity contribution in [1.29, 1.82) is 0 Å². The summed E-state index contributed by atoms with van der Waals surface area (Å²) < 4.78 is 5.18. The predicted octanol–water partition coefficient (Wildman–Crippen LogP) is 2.06. The van der Waals surface area contributed by atoms with Crippen LogP contribution in [0.4, 0.5) is 4.79 Å². The van der Waals surface area contributed by atoms with E-state index in [0.29, 0.717) is 6.42 Å². The van der Waals surface area contributed by atoms with Crippen LogP contribution in [-0.2, 0) is 20.7 Å². The Labute approximate surface area is 172 Å². The second kappa shape index (κ2) is 10.9. The number of nitrogens with one attached hydrogen (secondary N) is 3. The highest BCUT2D eigenvalue weighted by Gasteiger charge is 2.28. The van der Waals surface area contributed by atoms with E-state index in [-0.39, 0.29) is 17.7 Å². The summed E-state index contributed by atoms with van der Waals surface area (Å²) >= 11 is 4.14. The fourth-order valence-corrected chi connectivity index (χ4v) is 2.62. The lowest BCUT2D eigenvalue weighted by Crippen LogP contribution is -2.56. The first-order valence-corrected chi connectivity index (χ1v) is 9.90. The van der Waals surface area contributed by atoms with Gasteiger partial charge in [-0.1, -0.05) is 30.3 Å². The molecule has 0 radical (unpaired) electrons. The average Bonchev–Trinajstić information content (AvgIpc) is 2.57. The molecule has 0 saturated heterocycles. The second-order valence-corrected chi connectivity index (χ2v) is 8.16. The fourth-order valence-electron chi connectivity index (χ4n) is 2.36. The number of alkyl carbamates (subject to hydrolysis) is 1. The lowest BCUT2D eigenvalue weighted by atomic mass is 10.0. The summed E-state index contributed by atoms with van der Waals surface area (Å²) in [6.45, 7) is 8.89. The van der Waals surface area contributed by atoms with Crippen LogP contribution in [-0.4, -0.2) is 47.4 Å². The number of benzene rings is 1. The van der Waals surface area contributed by atoms with Gasteiger partial charge in [-0.3, -0.25) is 9.59 Å². The number of ether oxygens (including phenoxy) is 1. The first-order chi connectivity index (χ1) is 13.0. The third-order valence-electron chi connectivity index (χ3n) is 3.54. The van der Waals surface area contributed by atoms with Crippen LogP contribution in [0.3, 0.4) is 0 Å². The Morgan fingerprint density at radius 3 is 2.04 bits per heavy atom. The molecule has 0 spiro atoms. The van der Waals surface area contributed by atoms with Crippen LogP contribution in [0.2, 0.25) is 0 Å². The maximum Gasteiger partial charge on any atom is 0.408 e. The van der Waals surface area contributed by atoms with Gasteiger partial charge in [-0.2, -0.15) is 12.6 Å². The van der Waals surface area contributed by atoms with E-state index in [1.165, 1.54) is 0 Å². The molecule has 156 valence electrons. The van der Waals surface area contributed by atoms with E-state index in [9.17, 15) is 14.4 Å². The lowest BCUT2D eigenvalue weighted by molar-refractivity contribution is -0.130. The van der Waals surface area contributed by atoms with Crippen LogP contribution in [0.15, 0.2) is 30.3 Å². The zero-order chi connectivity index (χ0) is 21.3. The van der Waals surface area contributed by atoms with Crippen molar-refractivity contribution in [3.63, 3.8) is 0 Å². The fraction of sp³-hybridized carbons (Fsp3) is 0.550. The molecule has 1 aromatic rings. The smallest absolute Gasteiger partial charge is 0.408 e. The second-order valence-electron chi connectivity index (χ2n) is 7.80. The van der Waals surface area contributed by atoms with E-state index in [2.05, 4.69) is 28.6 Å². The van der Waals surface area contributed by atoms with Gasteiger partial charge in [0.1, 0.15) is 17.7 Å². The van der Waals surface area contributed by atoms with Gasteiger partial charge in [0.15, 0.2) is 0 Å². The molecule has 0 fully saturated rings. The highest BCUT2D eigenvalue weighted by Crippen LogP contribution is 2.08. The van der Waals surface area contributed by atoms with E-state index >= 15 is 0 Å². The number of carbonyl (C=O) groups excluding carboxylic acids is 3. The van der Waals surface area contributed by atoms with E-state index in [1.807, 2.05) is 44.2 Å². The van der Waals surface area contributed by atoms with Crippen molar-refractivity contribution in [1.82, 2.24) is 16.0 Å². The summed E-state index contributed by atoms with van der Waals surface area (Å²) in [6, 6.07) is 7.62. The number of rotatable bonds is 8. The Morgan fingerprint density at radius 2 is 1.54 bits per heavy atom. The molecular weight excluding hydrogens is 378 g/mol. The molecule has 0 saturated carbocycles. The van der Waals surface area contributed by atoms with Gasteiger partial charge in [-0.15, -0.1) is 0 Å². The molecule has 0 aliphatic carbocycles. The van der Waals surface area contributed by atoms with Gasteiger partial charge in [0.05, 0.1) is 0 Å². The Bertz CT molecular complexity index is 659.